The van der Waals surface area contributed by atoms with E-state index in [2.05, 4.69) is 115 Å². The Kier molecular flexibility index (Phi) is 9.67. The molecule has 0 saturated carbocycles. The fraction of sp³-hybridized carbons (Fsp3) is 0.167. The van der Waals surface area contributed by atoms with Gasteiger partial charge in [0.1, 0.15) is 45.8 Å². The van der Waals surface area contributed by atoms with Crippen LogP contribution in [0.25, 0.3) is 21.9 Å². The van der Waals surface area contributed by atoms with E-state index in [1.54, 1.807) is 18.4 Å². The molecule has 5 aromatic carbocycles. The molecule has 2 aromatic heterocycles. The van der Waals surface area contributed by atoms with Gasteiger partial charge in [-0.2, -0.15) is 0 Å². The summed E-state index contributed by atoms with van der Waals surface area (Å²) in [6, 6.07) is 48.6. The summed E-state index contributed by atoms with van der Waals surface area (Å²) in [4.78, 5) is 11.7. The number of hydrogen-bond acceptors (Lipinski definition) is 5. The van der Waals surface area contributed by atoms with Crippen LogP contribution in [0.4, 0.5) is 0 Å². The van der Waals surface area contributed by atoms with Crippen molar-refractivity contribution in [1.82, 2.24) is 0 Å². The fourth-order valence-electron chi connectivity index (χ4n) is 6.49. The van der Waals surface area contributed by atoms with Crippen molar-refractivity contribution < 1.29 is 18.3 Å². The summed E-state index contributed by atoms with van der Waals surface area (Å²) in [6.45, 7) is 1.12. The maximum Gasteiger partial charge on any atom is 0.336 e. The number of unbranched alkanes of at least 4 members (excludes halogenated alkanes) is 1. The molecule has 0 unspecified atom stereocenters. The zero-order valence-electron chi connectivity index (χ0n) is 26.8. The largest absolute Gasteiger partial charge is 0.494 e. The van der Waals surface area contributed by atoms with Crippen molar-refractivity contribution in [3.8, 4) is 11.5 Å². The standard InChI is InChI=1S/C42H38O5P/c43-41-25-24-37-40(47-41)31-39-38(26-29-45-39)42(37)46-28-11-10-27-44-33-22-20-32(21-23-33)13-12-30-48(34-14-4-1-5-15-34,35-16-6-2-7-17-35)36-18-8-3-9-19-36/h1-9,14-26,29,31H,10-13,27-28,30H2/q+1. The highest BCUT2D eigenvalue weighted by Gasteiger charge is 2.44. The average molecular weight is 654 g/mol. The van der Waals surface area contributed by atoms with E-state index < -0.39 is 12.9 Å². The third-order valence-electron chi connectivity index (χ3n) is 8.84. The molecule has 0 spiro atoms. The topological polar surface area (TPSA) is 61.8 Å². The van der Waals surface area contributed by atoms with Crippen molar-refractivity contribution >= 4 is 45.1 Å². The summed E-state index contributed by atoms with van der Waals surface area (Å²) in [5.41, 5.74) is 2.00. The van der Waals surface area contributed by atoms with Crippen LogP contribution in [-0.4, -0.2) is 19.4 Å². The lowest BCUT2D eigenvalue weighted by molar-refractivity contribution is 0.269. The number of fused-ring (bicyclic) bond motifs is 2. The van der Waals surface area contributed by atoms with E-state index in [0.717, 1.165) is 48.4 Å². The quantitative estimate of drug-likeness (QED) is 0.0668. The first-order valence-electron chi connectivity index (χ1n) is 16.5. The predicted molar refractivity (Wildman–Crippen MR) is 197 cm³/mol. The van der Waals surface area contributed by atoms with Gasteiger partial charge in [-0.15, -0.1) is 0 Å². The van der Waals surface area contributed by atoms with Crippen LogP contribution in [0, 0.1) is 0 Å². The highest BCUT2D eigenvalue weighted by molar-refractivity contribution is 7.95. The van der Waals surface area contributed by atoms with Crippen LogP contribution in [-0.2, 0) is 6.42 Å². The second-order valence-corrected chi connectivity index (χ2v) is 15.5. The zero-order valence-corrected chi connectivity index (χ0v) is 27.7. The lowest BCUT2D eigenvalue weighted by Gasteiger charge is -2.27. The Hall–Kier alpha value is -5.12. The summed E-state index contributed by atoms with van der Waals surface area (Å²) >= 11 is 0. The van der Waals surface area contributed by atoms with Crippen LogP contribution < -0.4 is 31.0 Å². The minimum absolute atomic E-state index is 0.401. The summed E-state index contributed by atoms with van der Waals surface area (Å²) in [7, 11) is -1.82. The van der Waals surface area contributed by atoms with Crippen LogP contribution in [0.2, 0.25) is 0 Å². The second-order valence-electron chi connectivity index (χ2n) is 11.9. The number of aryl methyl sites for hydroxylation is 1. The number of rotatable bonds is 14. The van der Waals surface area contributed by atoms with Crippen LogP contribution in [0.3, 0.4) is 0 Å². The molecule has 0 fully saturated rings. The van der Waals surface area contributed by atoms with E-state index in [0.29, 0.717) is 30.1 Å². The molecule has 7 rings (SSSR count). The molecule has 0 amide bonds. The lowest BCUT2D eigenvalue weighted by atomic mass is 10.1. The summed E-state index contributed by atoms with van der Waals surface area (Å²) in [5.74, 6) is 1.55. The van der Waals surface area contributed by atoms with Crippen LogP contribution in [0.5, 0.6) is 11.5 Å². The normalized spacial score (nSPS) is 11.6. The van der Waals surface area contributed by atoms with E-state index in [9.17, 15) is 4.79 Å². The minimum Gasteiger partial charge on any atom is -0.494 e. The molecule has 240 valence electrons. The molecular weight excluding hydrogens is 615 g/mol. The van der Waals surface area contributed by atoms with Crippen LogP contribution in [0.15, 0.2) is 159 Å². The molecule has 0 aliphatic rings. The molecule has 0 aliphatic carbocycles. The molecule has 48 heavy (non-hydrogen) atoms. The van der Waals surface area contributed by atoms with Gasteiger partial charge in [-0.05, 0) is 91.9 Å². The highest BCUT2D eigenvalue weighted by atomic mass is 31.2. The van der Waals surface area contributed by atoms with E-state index in [1.807, 2.05) is 6.07 Å². The smallest absolute Gasteiger partial charge is 0.336 e. The summed E-state index contributed by atoms with van der Waals surface area (Å²) in [6.07, 6.45) is 6.47. The minimum atomic E-state index is -1.82. The molecule has 5 nitrogen and oxygen atoms in total. The second kappa shape index (κ2) is 14.8. The molecule has 0 aliphatic heterocycles. The van der Waals surface area contributed by atoms with Gasteiger partial charge in [0, 0.05) is 12.1 Å². The van der Waals surface area contributed by atoms with Gasteiger partial charge in [-0.3, -0.25) is 0 Å². The molecule has 0 N–H and O–H groups in total. The molecule has 0 radical (unpaired) electrons. The van der Waals surface area contributed by atoms with E-state index >= 15 is 0 Å². The summed E-state index contributed by atoms with van der Waals surface area (Å²) in [5, 5.41) is 5.90. The number of ether oxygens (including phenoxy) is 2. The van der Waals surface area contributed by atoms with Crippen LogP contribution in [0.1, 0.15) is 24.8 Å². The Morgan fingerprint density at radius 1 is 0.562 bits per heavy atom. The Morgan fingerprint density at radius 2 is 1.15 bits per heavy atom. The van der Waals surface area contributed by atoms with Crippen molar-refractivity contribution in [3.63, 3.8) is 0 Å². The first kappa shape index (κ1) is 31.5. The highest BCUT2D eigenvalue weighted by Crippen LogP contribution is 2.55. The molecule has 6 heteroatoms. The Morgan fingerprint density at radius 3 is 1.77 bits per heavy atom. The lowest BCUT2D eigenvalue weighted by Crippen LogP contribution is -2.33. The van der Waals surface area contributed by atoms with Crippen molar-refractivity contribution in [3.05, 3.63) is 162 Å². The van der Waals surface area contributed by atoms with Gasteiger partial charge >= 0.3 is 5.63 Å². The molecule has 2 heterocycles. The zero-order chi connectivity index (χ0) is 32.6. The van der Waals surface area contributed by atoms with Gasteiger partial charge in [-0.1, -0.05) is 66.7 Å². The molecule has 0 bridgehead atoms. The monoisotopic (exact) mass is 653 g/mol. The fourth-order valence-corrected chi connectivity index (χ4v) is 10.8. The van der Waals surface area contributed by atoms with Gasteiger partial charge in [0.15, 0.2) is 0 Å². The van der Waals surface area contributed by atoms with Crippen LogP contribution >= 0.6 is 7.26 Å². The van der Waals surface area contributed by atoms with Crippen molar-refractivity contribution in [2.45, 2.75) is 25.7 Å². The molecule has 0 saturated heterocycles. The number of furan rings is 1. The number of benzene rings is 5. The third-order valence-corrected chi connectivity index (χ3v) is 13.4. The van der Waals surface area contributed by atoms with Gasteiger partial charge in [0.2, 0.25) is 0 Å². The van der Waals surface area contributed by atoms with Gasteiger partial charge in [-0.25, -0.2) is 4.79 Å². The molecule has 7 aromatic rings. The van der Waals surface area contributed by atoms with E-state index in [1.165, 1.54) is 27.5 Å². The van der Waals surface area contributed by atoms with Gasteiger partial charge in [0.25, 0.3) is 0 Å². The van der Waals surface area contributed by atoms with E-state index in [4.69, 9.17) is 18.3 Å². The Bertz CT molecular complexity index is 2020. The van der Waals surface area contributed by atoms with Gasteiger partial charge < -0.3 is 18.3 Å². The Balaban J connectivity index is 0.941. The molecule has 0 atom stereocenters. The predicted octanol–water partition coefficient (Wildman–Crippen LogP) is 8.70. The van der Waals surface area contributed by atoms with Crippen molar-refractivity contribution in [2.24, 2.45) is 0 Å². The first-order valence-corrected chi connectivity index (χ1v) is 18.5. The van der Waals surface area contributed by atoms with E-state index in [-0.39, 0.29) is 0 Å². The van der Waals surface area contributed by atoms with Crippen molar-refractivity contribution in [2.75, 3.05) is 19.4 Å². The third kappa shape index (κ3) is 6.79. The maximum absolute atomic E-state index is 11.7. The maximum atomic E-state index is 11.7. The number of hydrogen-bond donors (Lipinski definition) is 0. The molecular formula is C42H38O5P+. The average Bonchev–Trinajstić information content (AvgIpc) is 3.61. The summed E-state index contributed by atoms with van der Waals surface area (Å²) < 4.78 is 23.1. The SMILES string of the molecule is O=c1ccc2c(OCCCCOc3ccc(CCC[P+](c4ccccc4)(c4ccccc4)c4ccccc4)cc3)c3ccoc3cc2o1. The van der Waals surface area contributed by atoms with Crippen molar-refractivity contribution in [1.29, 1.82) is 0 Å². The first-order chi connectivity index (χ1) is 23.7. The Labute approximate surface area is 281 Å². The van der Waals surface area contributed by atoms with Gasteiger partial charge in [0.05, 0.1) is 36.4 Å².